The Labute approximate surface area is 205 Å². The molecule has 32 heavy (non-hydrogen) atoms. The molecule has 0 heterocycles. The van der Waals surface area contributed by atoms with Gasteiger partial charge in [0.05, 0.1) is 27.7 Å². The molecular formula is C22H18BrCl2N3O3S. The highest BCUT2D eigenvalue weighted by atomic mass is 79.9. The molecule has 3 aromatic carbocycles. The first-order valence-electron chi connectivity index (χ1n) is 9.33. The second-order valence-corrected chi connectivity index (χ2v) is 10.3. The standard InChI is InChI=1S/C22H18BrCl2N3O3S/c23-18-11-9-16(10-12-18)14-28(32(30,31)19-6-2-1-3-7-19)15-21(29)27-26-13-17-5-4-8-20(24)22(17)25/h1-13H,14-15H2,(H,27,29)/b26-13+. The number of benzene rings is 3. The van der Waals surface area contributed by atoms with Crippen LogP contribution in [0.25, 0.3) is 0 Å². The van der Waals surface area contributed by atoms with E-state index in [2.05, 4.69) is 26.5 Å². The molecule has 1 N–H and O–H groups in total. The van der Waals surface area contributed by atoms with Crippen LogP contribution in [0.3, 0.4) is 0 Å². The van der Waals surface area contributed by atoms with Crippen LogP contribution in [0.1, 0.15) is 11.1 Å². The van der Waals surface area contributed by atoms with Crippen LogP contribution in [0.15, 0.2) is 87.3 Å². The third-order valence-electron chi connectivity index (χ3n) is 4.35. The number of hydrogen-bond donors (Lipinski definition) is 1. The number of hydrogen-bond acceptors (Lipinski definition) is 4. The molecule has 0 fully saturated rings. The monoisotopic (exact) mass is 553 g/mol. The van der Waals surface area contributed by atoms with Crippen LogP contribution in [0.4, 0.5) is 0 Å². The summed E-state index contributed by atoms with van der Waals surface area (Å²) in [4.78, 5) is 12.6. The summed E-state index contributed by atoms with van der Waals surface area (Å²) in [6.45, 7) is -0.407. The lowest BCUT2D eigenvalue weighted by Gasteiger charge is -2.21. The summed E-state index contributed by atoms with van der Waals surface area (Å²) in [5.74, 6) is -0.601. The second-order valence-electron chi connectivity index (χ2n) is 6.65. The van der Waals surface area contributed by atoms with Crippen LogP contribution in [0.2, 0.25) is 10.0 Å². The van der Waals surface area contributed by atoms with E-state index in [1.165, 1.54) is 18.3 Å². The van der Waals surface area contributed by atoms with Crippen molar-refractivity contribution >= 4 is 61.3 Å². The SMILES string of the molecule is O=C(CN(Cc1ccc(Br)cc1)S(=O)(=O)c1ccccc1)N/N=C/c1cccc(Cl)c1Cl. The lowest BCUT2D eigenvalue weighted by atomic mass is 10.2. The minimum Gasteiger partial charge on any atom is -0.272 e. The quantitative estimate of drug-likeness (QED) is 0.311. The van der Waals surface area contributed by atoms with E-state index >= 15 is 0 Å². The normalized spacial score (nSPS) is 11.8. The van der Waals surface area contributed by atoms with E-state index in [9.17, 15) is 13.2 Å². The predicted molar refractivity (Wildman–Crippen MR) is 130 cm³/mol. The summed E-state index contributed by atoms with van der Waals surface area (Å²) in [5, 5.41) is 4.53. The summed E-state index contributed by atoms with van der Waals surface area (Å²) in [7, 11) is -3.92. The Morgan fingerprint density at radius 3 is 2.38 bits per heavy atom. The highest BCUT2D eigenvalue weighted by Crippen LogP contribution is 2.24. The zero-order chi connectivity index (χ0) is 23.1. The molecule has 1 amide bonds. The van der Waals surface area contributed by atoms with E-state index in [1.54, 1.807) is 48.5 Å². The van der Waals surface area contributed by atoms with Crippen molar-refractivity contribution in [3.05, 3.63) is 98.4 Å². The summed E-state index contributed by atoms with van der Waals surface area (Å²) in [6.07, 6.45) is 1.34. The molecule has 166 valence electrons. The third kappa shape index (κ3) is 6.40. The third-order valence-corrected chi connectivity index (χ3v) is 7.52. The van der Waals surface area contributed by atoms with E-state index in [0.717, 1.165) is 14.3 Å². The maximum atomic E-state index is 13.2. The largest absolute Gasteiger partial charge is 0.272 e. The van der Waals surface area contributed by atoms with Gasteiger partial charge in [-0.05, 0) is 35.9 Å². The Bertz CT molecular complexity index is 1220. The predicted octanol–water partition coefficient (Wildman–Crippen LogP) is 5.10. The Kier molecular flexibility index (Phi) is 8.44. The van der Waals surface area contributed by atoms with Crippen LogP contribution in [0, 0.1) is 0 Å². The van der Waals surface area contributed by atoms with Gasteiger partial charge in [0.2, 0.25) is 10.0 Å². The smallest absolute Gasteiger partial charge is 0.255 e. The van der Waals surface area contributed by atoms with Crippen LogP contribution in [0.5, 0.6) is 0 Å². The molecule has 0 aromatic heterocycles. The zero-order valence-electron chi connectivity index (χ0n) is 16.6. The number of carbonyl (C=O) groups excluding carboxylic acids is 1. The molecule has 0 saturated heterocycles. The van der Waals surface area contributed by atoms with Gasteiger partial charge in [0.25, 0.3) is 5.91 Å². The molecule has 0 saturated carbocycles. The van der Waals surface area contributed by atoms with Crippen molar-refractivity contribution in [3.63, 3.8) is 0 Å². The molecule has 0 radical (unpaired) electrons. The van der Waals surface area contributed by atoms with Crippen molar-refractivity contribution in [1.29, 1.82) is 0 Å². The Balaban J connectivity index is 1.78. The van der Waals surface area contributed by atoms with Crippen LogP contribution in [-0.4, -0.2) is 31.4 Å². The number of halogens is 3. The van der Waals surface area contributed by atoms with E-state index in [0.29, 0.717) is 15.6 Å². The number of sulfonamides is 1. The van der Waals surface area contributed by atoms with Gasteiger partial charge in [-0.3, -0.25) is 4.79 Å². The molecule has 0 bridgehead atoms. The molecule has 0 atom stereocenters. The highest BCUT2D eigenvalue weighted by Gasteiger charge is 2.26. The van der Waals surface area contributed by atoms with E-state index in [-0.39, 0.29) is 11.4 Å². The first kappa shape index (κ1) is 24.4. The van der Waals surface area contributed by atoms with Crippen molar-refractivity contribution in [2.24, 2.45) is 5.10 Å². The Hall–Kier alpha value is -2.23. The maximum absolute atomic E-state index is 13.2. The number of nitrogens with one attached hydrogen (secondary N) is 1. The average molecular weight is 555 g/mol. The van der Waals surface area contributed by atoms with Gasteiger partial charge < -0.3 is 0 Å². The van der Waals surface area contributed by atoms with Gasteiger partial charge in [-0.15, -0.1) is 0 Å². The molecule has 3 rings (SSSR count). The van der Waals surface area contributed by atoms with Gasteiger partial charge in [-0.2, -0.15) is 9.41 Å². The fraction of sp³-hybridized carbons (Fsp3) is 0.0909. The lowest BCUT2D eigenvalue weighted by molar-refractivity contribution is -0.121. The minimum absolute atomic E-state index is 0.0156. The maximum Gasteiger partial charge on any atom is 0.255 e. The summed E-state index contributed by atoms with van der Waals surface area (Å²) in [6, 6.07) is 20.2. The topological polar surface area (TPSA) is 78.8 Å². The lowest BCUT2D eigenvalue weighted by Crippen LogP contribution is -2.39. The molecule has 0 unspecified atom stereocenters. The second kappa shape index (κ2) is 11.1. The van der Waals surface area contributed by atoms with Gasteiger partial charge in [-0.1, -0.05) is 81.6 Å². The summed E-state index contributed by atoms with van der Waals surface area (Å²) >= 11 is 15.4. The number of carbonyl (C=O) groups is 1. The number of hydrazone groups is 1. The summed E-state index contributed by atoms with van der Waals surface area (Å²) in [5.41, 5.74) is 3.59. The van der Waals surface area contributed by atoms with Crippen molar-refractivity contribution < 1.29 is 13.2 Å². The molecule has 10 heteroatoms. The van der Waals surface area contributed by atoms with Gasteiger partial charge in [0.15, 0.2) is 0 Å². The molecule has 3 aromatic rings. The molecule has 0 aliphatic carbocycles. The van der Waals surface area contributed by atoms with Gasteiger partial charge in [0.1, 0.15) is 0 Å². The fourth-order valence-corrected chi connectivity index (χ4v) is 4.78. The zero-order valence-corrected chi connectivity index (χ0v) is 20.5. The number of nitrogens with zero attached hydrogens (tertiary/aromatic N) is 2. The van der Waals surface area contributed by atoms with Gasteiger partial charge in [-0.25, -0.2) is 13.8 Å². The first-order chi connectivity index (χ1) is 15.3. The Morgan fingerprint density at radius 2 is 1.69 bits per heavy atom. The molecule has 0 spiro atoms. The highest BCUT2D eigenvalue weighted by molar-refractivity contribution is 9.10. The van der Waals surface area contributed by atoms with Gasteiger partial charge >= 0.3 is 0 Å². The van der Waals surface area contributed by atoms with Crippen molar-refractivity contribution in [2.45, 2.75) is 11.4 Å². The summed E-state index contributed by atoms with van der Waals surface area (Å²) < 4.78 is 28.3. The number of rotatable bonds is 8. The first-order valence-corrected chi connectivity index (χ1v) is 12.3. The molecule has 6 nitrogen and oxygen atoms in total. The van der Waals surface area contributed by atoms with Gasteiger partial charge in [0, 0.05) is 16.6 Å². The minimum atomic E-state index is -3.92. The van der Waals surface area contributed by atoms with E-state index < -0.39 is 22.5 Å². The van der Waals surface area contributed by atoms with Crippen molar-refractivity contribution in [3.8, 4) is 0 Å². The number of amides is 1. The fourth-order valence-electron chi connectivity index (χ4n) is 2.75. The van der Waals surface area contributed by atoms with E-state index in [4.69, 9.17) is 23.2 Å². The van der Waals surface area contributed by atoms with Crippen LogP contribution in [-0.2, 0) is 21.4 Å². The molecule has 0 aliphatic heterocycles. The molecule has 0 aliphatic rings. The van der Waals surface area contributed by atoms with Crippen LogP contribution >= 0.6 is 39.1 Å². The van der Waals surface area contributed by atoms with E-state index in [1.807, 2.05) is 12.1 Å². The van der Waals surface area contributed by atoms with Crippen molar-refractivity contribution in [2.75, 3.05) is 6.54 Å². The molecular weight excluding hydrogens is 537 g/mol. The van der Waals surface area contributed by atoms with Crippen molar-refractivity contribution in [1.82, 2.24) is 9.73 Å². The van der Waals surface area contributed by atoms with Crippen LogP contribution < -0.4 is 5.43 Å². The average Bonchev–Trinajstić information content (AvgIpc) is 2.78. The Morgan fingerprint density at radius 1 is 1.00 bits per heavy atom.